The van der Waals surface area contributed by atoms with Crippen molar-refractivity contribution < 1.29 is 22.2 Å². The van der Waals surface area contributed by atoms with Gasteiger partial charge in [0.25, 0.3) is 5.91 Å². The van der Waals surface area contributed by atoms with E-state index in [4.69, 9.17) is 5.73 Å². The van der Waals surface area contributed by atoms with Crippen molar-refractivity contribution in [2.75, 3.05) is 5.75 Å². The van der Waals surface area contributed by atoms with Crippen LogP contribution in [-0.2, 0) is 24.0 Å². The van der Waals surface area contributed by atoms with E-state index in [2.05, 4.69) is 9.97 Å². The number of fused-ring (bicyclic) bond motifs is 2. The van der Waals surface area contributed by atoms with E-state index in [0.29, 0.717) is 41.8 Å². The van der Waals surface area contributed by atoms with E-state index in [-0.39, 0.29) is 5.52 Å². The molecule has 0 aromatic carbocycles. The molecule has 0 fully saturated rings. The van der Waals surface area contributed by atoms with E-state index in [9.17, 15) is 22.2 Å². The molecule has 6 nitrogen and oxygen atoms in total. The normalized spacial score (nSPS) is 13.4. The van der Waals surface area contributed by atoms with Crippen molar-refractivity contribution in [3.05, 3.63) is 28.9 Å². The minimum atomic E-state index is -4.58. The fourth-order valence-corrected chi connectivity index (χ4v) is 7.20. The Kier molecular flexibility index (Phi) is 4.74. The molecular weight excluding hydrogens is 445 g/mol. The summed E-state index contributed by atoms with van der Waals surface area (Å²) >= 11 is 2.48. The highest BCUT2D eigenvalue weighted by atomic mass is 32.2. The molecule has 4 aromatic heterocycles. The summed E-state index contributed by atoms with van der Waals surface area (Å²) in [6.07, 6.45) is -3.46. The topological polar surface area (TPSA) is 90.9 Å². The summed E-state index contributed by atoms with van der Waals surface area (Å²) in [7, 11) is 0.279. The lowest BCUT2D eigenvalue weighted by atomic mass is 10.3. The van der Waals surface area contributed by atoms with Crippen LogP contribution in [0.25, 0.3) is 31.1 Å². The number of nitrogens with zero attached hydrogens (tertiary/aromatic N) is 3. The number of primary amides is 1. The minimum absolute atomic E-state index is 0.130. The van der Waals surface area contributed by atoms with E-state index in [0.717, 1.165) is 12.3 Å². The number of nitrogens with two attached hydrogens (primary N) is 1. The van der Waals surface area contributed by atoms with Crippen LogP contribution in [0.2, 0.25) is 0 Å². The molecule has 0 bridgehead atoms. The van der Waals surface area contributed by atoms with Gasteiger partial charge in [-0.1, -0.05) is 6.92 Å². The minimum Gasteiger partial charge on any atom is -0.366 e. The Balaban J connectivity index is 2.01. The monoisotopic (exact) mass is 458 g/mol. The zero-order valence-corrected chi connectivity index (χ0v) is 17.5. The highest BCUT2D eigenvalue weighted by Gasteiger charge is 2.33. The van der Waals surface area contributed by atoms with Crippen LogP contribution in [0, 0.1) is 0 Å². The number of imidazole rings is 1. The van der Waals surface area contributed by atoms with Crippen LogP contribution in [0.1, 0.15) is 23.0 Å². The molecule has 12 heteroatoms. The quantitative estimate of drug-likeness (QED) is 0.497. The Labute approximate surface area is 172 Å². The number of thiophene rings is 2. The van der Waals surface area contributed by atoms with Crippen molar-refractivity contribution in [1.29, 1.82) is 0 Å². The molecule has 0 spiro atoms. The molecule has 0 aliphatic heterocycles. The second-order valence-electron chi connectivity index (χ2n) is 6.12. The number of pyridine rings is 1. The van der Waals surface area contributed by atoms with Crippen LogP contribution in [0.5, 0.6) is 0 Å². The molecule has 1 unspecified atom stereocenters. The number of hydrogen-bond acceptors (Lipinski definition) is 6. The van der Waals surface area contributed by atoms with Crippen molar-refractivity contribution in [1.82, 2.24) is 14.5 Å². The predicted octanol–water partition coefficient (Wildman–Crippen LogP) is 4.16. The summed E-state index contributed by atoms with van der Waals surface area (Å²) in [5.41, 5.74) is 5.28. The van der Waals surface area contributed by atoms with Crippen LogP contribution in [0.3, 0.4) is 0 Å². The van der Waals surface area contributed by atoms with Crippen LogP contribution < -0.4 is 5.73 Å². The first-order valence-corrected chi connectivity index (χ1v) is 11.3. The first-order chi connectivity index (χ1) is 13.6. The molecule has 0 aliphatic carbocycles. The van der Waals surface area contributed by atoms with Gasteiger partial charge in [0.1, 0.15) is 5.69 Å². The van der Waals surface area contributed by atoms with Crippen LogP contribution in [0.4, 0.5) is 13.2 Å². The molecule has 0 radical (unpaired) electrons. The number of alkyl halides is 3. The van der Waals surface area contributed by atoms with Crippen LogP contribution in [0.15, 0.2) is 22.5 Å². The molecule has 4 heterocycles. The lowest BCUT2D eigenvalue weighted by molar-refractivity contribution is -0.141. The van der Waals surface area contributed by atoms with Crippen molar-refractivity contribution in [3.63, 3.8) is 0 Å². The smallest absolute Gasteiger partial charge is 0.366 e. The summed E-state index contributed by atoms with van der Waals surface area (Å²) in [5.74, 6) is 0.107. The average Bonchev–Trinajstić information content (AvgIpc) is 3.31. The van der Waals surface area contributed by atoms with Crippen molar-refractivity contribution in [2.45, 2.75) is 18.0 Å². The van der Waals surface area contributed by atoms with Gasteiger partial charge in [-0.05, 0) is 6.07 Å². The molecular formula is C17H13F3N4O2S3. The van der Waals surface area contributed by atoms with Crippen LogP contribution in [-0.4, -0.2) is 30.4 Å². The summed E-state index contributed by atoms with van der Waals surface area (Å²) in [5, 5.41) is 1.62. The fourth-order valence-electron chi connectivity index (χ4n) is 2.97. The Morgan fingerprint density at radius 3 is 2.69 bits per heavy atom. The van der Waals surface area contributed by atoms with Crippen molar-refractivity contribution >= 4 is 59.8 Å². The third-order valence-electron chi connectivity index (χ3n) is 4.38. The van der Waals surface area contributed by atoms with Gasteiger partial charge in [-0.15, -0.1) is 22.7 Å². The summed E-state index contributed by atoms with van der Waals surface area (Å²) in [6.45, 7) is 1.76. The summed E-state index contributed by atoms with van der Waals surface area (Å²) in [4.78, 5) is 20.7. The van der Waals surface area contributed by atoms with Gasteiger partial charge >= 0.3 is 6.18 Å². The number of amides is 1. The Hall–Kier alpha value is -2.31. The summed E-state index contributed by atoms with van der Waals surface area (Å²) < 4.78 is 54.7. The standard InChI is InChI=1S/C17H13F3N4O2S3/c1-3-29(26)14-12-11(7(6-27-12)15(21)25)28-13(14)16-23-8-4-10(17(18,19)20)22-5-9(8)24(16)2/h4-6H,3H2,1-2H3,(H2,21,25). The molecule has 1 amide bonds. The molecule has 4 rings (SSSR count). The number of aromatic nitrogens is 3. The van der Waals surface area contributed by atoms with Gasteiger partial charge in [0.05, 0.1) is 52.8 Å². The van der Waals surface area contributed by atoms with Crippen molar-refractivity contribution in [2.24, 2.45) is 12.8 Å². The fraction of sp³-hybridized carbons (Fsp3) is 0.235. The second-order valence-corrected chi connectivity index (χ2v) is 9.69. The number of aryl methyl sites for hydroxylation is 1. The van der Waals surface area contributed by atoms with E-state index in [1.165, 1.54) is 22.7 Å². The maximum atomic E-state index is 13.0. The first-order valence-electron chi connectivity index (χ1n) is 8.25. The summed E-state index contributed by atoms with van der Waals surface area (Å²) in [6, 6.07) is 0.889. The third kappa shape index (κ3) is 3.15. The van der Waals surface area contributed by atoms with Gasteiger partial charge in [0.2, 0.25) is 0 Å². The third-order valence-corrected chi connectivity index (χ3v) is 8.37. The van der Waals surface area contributed by atoms with E-state index in [1.807, 2.05) is 0 Å². The SMILES string of the molecule is CCS(=O)c1c(-c2nc3cc(C(F)(F)F)ncc3n2C)sc2c(C(N)=O)csc12. The molecule has 4 aromatic rings. The number of halogens is 3. The van der Waals surface area contributed by atoms with Crippen molar-refractivity contribution in [3.8, 4) is 10.7 Å². The Morgan fingerprint density at radius 1 is 1.34 bits per heavy atom. The molecule has 0 aliphatic rings. The maximum Gasteiger partial charge on any atom is 0.433 e. The van der Waals surface area contributed by atoms with Gasteiger partial charge in [-0.3, -0.25) is 9.00 Å². The highest BCUT2D eigenvalue weighted by molar-refractivity contribution is 7.85. The molecule has 0 saturated carbocycles. The Bertz CT molecular complexity index is 1300. The highest BCUT2D eigenvalue weighted by Crippen LogP contribution is 2.45. The van der Waals surface area contributed by atoms with Gasteiger partial charge < -0.3 is 10.3 Å². The van der Waals surface area contributed by atoms with Crippen LogP contribution >= 0.6 is 22.7 Å². The first kappa shape index (κ1) is 20.0. The molecule has 0 saturated heterocycles. The number of hydrogen-bond donors (Lipinski definition) is 1. The zero-order valence-electron chi connectivity index (χ0n) is 15.0. The number of carbonyl (C=O) groups is 1. The van der Waals surface area contributed by atoms with Gasteiger partial charge in [0, 0.05) is 18.2 Å². The van der Waals surface area contributed by atoms with E-state index >= 15 is 0 Å². The molecule has 1 atom stereocenters. The lowest BCUT2D eigenvalue weighted by Crippen LogP contribution is -2.09. The number of rotatable bonds is 4. The van der Waals surface area contributed by atoms with Gasteiger partial charge in [0.15, 0.2) is 5.82 Å². The number of carbonyl (C=O) groups excluding carboxylic acids is 1. The second kappa shape index (κ2) is 6.89. The lowest BCUT2D eigenvalue weighted by Gasteiger charge is -2.05. The van der Waals surface area contributed by atoms with E-state index < -0.39 is 28.6 Å². The Morgan fingerprint density at radius 2 is 2.07 bits per heavy atom. The molecule has 29 heavy (non-hydrogen) atoms. The predicted molar refractivity (Wildman–Crippen MR) is 108 cm³/mol. The zero-order chi connectivity index (χ0) is 21.1. The molecule has 152 valence electrons. The molecule has 2 N–H and O–H groups in total. The maximum absolute atomic E-state index is 13.0. The van der Waals surface area contributed by atoms with E-state index in [1.54, 1.807) is 23.9 Å². The van der Waals surface area contributed by atoms with Gasteiger partial charge in [-0.25, -0.2) is 9.97 Å². The average molecular weight is 459 g/mol. The van der Waals surface area contributed by atoms with Gasteiger partial charge in [-0.2, -0.15) is 13.2 Å². The largest absolute Gasteiger partial charge is 0.433 e.